The third kappa shape index (κ3) is 3.22. The molecule has 240 valence electrons. The number of Topliss-reactive ketones (excluding diaryl/α,β-unsaturated/α-hetero) is 1. The van der Waals surface area contributed by atoms with Crippen LogP contribution in [0.2, 0.25) is 0 Å². The van der Waals surface area contributed by atoms with Crippen LogP contribution in [0.4, 0.5) is 0 Å². The predicted octanol–water partition coefficient (Wildman–Crippen LogP) is 2.04. The summed E-state index contributed by atoms with van der Waals surface area (Å²) in [5, 5.41) is 24.5. The minimum absolute atomic E-state index is 0.0475. The number of aliphatic hydroxyl groups is 2. The number of carbonyl (C=O) groups excluding carboxylic acids is 4. The van der Waals surface area contributed by atoms with Crippen molar-refractivity contribution in [1.82, 2.24) is 0 Å². The minimum atomic E-state index is -1.31. The summed E-state index contributed by atoms with van der Waals surface area (Å²) in [7, 11) is 0. The first-order valence-electron chi connectivity index (χ1n) is 15.3. The van der Waals surface area contributed by atoms with Crippen molar-refractivity contribution >= 4 is 23.7 Å². The van der Waals surface area contributed by atoms with Gasteiger partial charge < -0.3 is 38.3 Å². The van der Waals surface area contributed by atoms with Crippen LogP contribution in [-0.2, 0) is 42.9 Å². The van der Waals surface area contributed by atoms with Crippen LogP contribution < -0.4 is 0 Å². The number of hydrogen-bond acceptors (Lipinski definition) is 12. The number of hydrogen-bond donors (Lipinski definition) is 2. The predicted molar refractivity (Wildman–Crippen MR) is 146 cm³/mol. The first-order valence-corrected chi connectivity index (χ1v) is 15.3. The van der Waals surface area contributed by atoms with E-state index in [-0.39, 0.29) is 31.5 Å². The van der Waals surface area contributed by atoms with Crippen molar-refractivity contribution in [1.29, 1.82) is 0 Å². The number of ketones is 1. The Morgan fingerprint density at radius 2 is 1.59 bits per heavy atom. The number of fused-ring (bicyclic) bond motifs is 1. The third-order valence-electron chi connectivity index (χ3n) is 12.8. The average molecular weight is 617 g/mol. The van der Waals surface area contributed by atoms with Crippen molar-refractivity contribution in [3.8, 4) is 0 Å². The number of rotatable bonds is 4. The molecule has 6 aliphatic rings. The van der Waals surface area contributed by atoms with Crippen LogP contribution in [0, 0.1) is 33.5 Å². The van der Waals surface area contributed by atoms with Gasteiger partial charge in [0.2, 0.25) is 6.29 Å². The topological polar surface area (TPSA) is 171 Å². The summed E-state index contributed by atoms with van der Waals surface area (Å²) in [6, 6.07) is 1.83. The Kier molecular flexibility index (Phi) is 6.21. The molecule has 44 heavy (non-hydrogen) atoms. The molecule has 0 aromatic carbocycles. The standard InChI is InChI=1S/C32H40O12/c1-14(33)41-22-11-21(37)31-13-40-27(43-16(3)35)28(22,4)19(31)10-20(36)30(6)25(31)24(38)26(42-15(2)34)29(5)18(17-7-8-39-12-17)9-23-32(29,30)44-23/h7-8,12,18-23,25-27,36-37H,9-11,13H2,1-6H3/t18-,19+,20-,21+,22-,23-,25+,26+,27?,28-,29-,30-,31-,32-/m1/s1. The fourth-order valence-electron chi connectivity index (χ4n) is 11.3. The zero-order valence-corrected chi connectivity index (χ0v) is 25.7. The van der Waals surface area contributed by atoms with E-state index in [0.29, 0.717) is 6.42 Å². The zero-order valence-electron chi connectivity index (χ0n) is 25.7. The molecule has 0 amide bonds. The van der Waals surface area contributed by atoms with Gasteiger partial charge in [-0.2, -0.15) is 0 Å². The third-order valence-corrected chi connectivity index (χ3v) is 12.8. The summed E-state index contributed by atoms with van der Waals surface area (Å²) in [5.74, 6) is -4.32. The number of aliphatic hydroxyl groups excluding tert-OH is 2. The van der Waals surface area contributed by atoms with E-state index in [9.17, 15) is 24.6 Å². The van der Waals surface area contributed by atoms with Crippen LogP contribution in [0.15, 0.2) is 23.0 Å². The molecule has 14 atom stereocenters. The van der Waals surface area contributed by atoms with Gasteiger partial charge in [0.05, 0.1) is 48.3 Å². The Balaban J connectivity index is 1.43. The average Bonchev–Trinajstić information content (AvgIpc) is 3.29. The van der Waals surface area contributed by atoms with Gasteiger partial charge >= 0.3 is 17.9 Å². The maximum Gasteiger partial charge on any atom is 0.304 e. The smallest absolute Gasteiger partial charge is 0.304 e. The molecule has 1 aromatic heterocycles. The Hall–Kier alpha value is -2.80. The van der Waals surface area contributed by atoms with E-state index in [4.69, 9.17) is 28.1 Å². The van der Waals surface area contributed by atoms with E-state index in [1.165, 1.54) is 20.8 Å². The van der Waals surface area contributed by atoms with Crippen molar-refractivity contribution in [2.45, 2.75) is 109 Å². The highest BCUT2D eigenvalue weighted by Crippen LogP contribution is 2.83. The van der Waals surface area contributed by atoms with Gasteiger partial charge in [-0.25, -0.2) is 0 Å². The number of ether oxygens (including phenoxy) is 5. The molecular formula is C32H40O12. The van der Waals surface area contributed by atoms with E-state index < -0.39 is 93.5 Å². The fourth-order valence-corrected chi connectivity index (χ4v) is 11.3. The van der Waals surface area contributed by atoms with Crippen LogP contribution in [0.25, 0.3) is 0 Å². The lowest BCUT2D eigenvalue weighted by molar-refractivity contribution is -0.374. The van der Waals surface area contributed by atoms with E-state index in [0.717, 1.165) is 5.56 Å². The van der Waals surface area contributed by atoms with Crippen LogP contribution in [0.3, 0.4) is 0 Å². The first-order chi connectivity index (χ1) is 20.6. The first kappa shape index (κ1) is 29.9. The van der Waals surface area contributed by atoms with Gasteiger partial charge in [-0.05, 0) is 37.3 Å². The van der Waals surface area contributed by atoms with Crippen LogP contribution >= 0.6 is 0 Å². The molecule has 2 aliphatic heterocycles. The molecule has 7 rings (SSSR count). The van der Waals surface area contributed by atoms with Gasteiger partial charge in [0.1, 0.15) is 11.7 Å². The molecule has 12 nitrogen and oxygen atoms in total. The highest BCUT2D eigenvalue weighted by molar-refractivity contribution is 5.93. The molecule has 2 N–H and O–H groups in total. The summed E-state index contributed by atoms with van der Waals surface area (Å²) >= 11 is 0. The highest BCUT2D eigenvalue weighted by atomic mass is 16.7. The summed E-state index contributed by atoms with van der Waals surface area (Å²) in [6.45, 7) is 9.09. The van der Waals surface area contributed by atoms with Gasteiger partial charge in [-0.3, -0.25) is 19.2 Å². The lowest BCUT2D eigenvalue weighted by Crippen LogP contribution is -2.82. The van der Waals surface area contributed by atoms with E-state index in [1.807, 2.05) is 19.9 Å². The molecule has 2 bridgehead atoms. The largest absolute Gasteiger partial charge is 0.472 e. The summed E-state index contributed by atoms with van der Waals surface area (Å²) in [6.07, 6.45) is -2.32. The van der Waals surface area contributed by atoms with Gasteiger partial charge in [0, 0.05) is 49.9 Å². The molecule has 4 saturated carbocycles. The number of furan rings is 1. The van der Waals surface area contributed by atoms with Gasteiger partial charge in [-0.15, -0.1) is 0 Å². The van der Waals surface area contributed by atoms with Crippen LogP contribution in [-0.4, -0.2) is 82.9 Å². The Morgan fingerprint density at radius 3 is 2.20 bits per heavy atom. The van der Waals surface area contributed by atoms with Gasteiger partial charge in [0.15, 0.2) is 11.9 Å². The van der Waals surface area contributed by atoms with Gasteiger partial charge in [0.25, 0.3) is 0 Å². The number of esters is 3. The maximum absolute atomic E-state index is 15.2. The Labute approximate surface area is 254 Å². The summed E-state index contributed by atoms with van der Waals surface area (Å²) in [5.41, 5.74) is -5.09. The lowest BCUT2D eigenvalue weighted by atomic mass is 9.33. The molecule has 6 fully saturated rings. The molecule has 4 aliphatic carbocycles. The molecular weight excluding hydrogens is 576 g/mol. The van der Waals surface area contributed by atoms with Crippen molar-refractivity contribution in [2.75, 3.05) is 6.61 Å². The molecule has 0 radical (unpaired) electrons. The molecule has 2 saturated heterocycles. The van der Waals surface area contributed by atoms with E-state index >= 15 is 4.79 Å². The van der Waals surface area contributed by atoms with E-state index in [1.54, 1.807) is 19.5 Å². The maximum atomic E-state index is 15.2. The Morgan fingerprint density at radius 1 is 0.909 bits per heavy atom. The highest BCUT2D eigenvalue weighted by Gasteiger charge is 2.92. The molecule has 12 heteroatoms. The lowest BCUT2D eigenvalue weighted by Gasteiger charge is -2.73. The van der Waals surface area contributed by atoms with Crippen molar-refractivity contribution in [3.63, 3.8) is 0 Å². The minimum Gasteiger partial charge on any atom is -0.472 e. The zero-order chi connectivity index (χ0) is 31.8. The SMILES string of the molecule is CC(=O)OC1OC[C@@]23[C@H]4C(=O)[C@H](OC(C)=O)[C@@]5(C)[C@@H](c6ccoc6)C[C@H]6O[C@]65[C@]4(C)[C@H](O)C[C@H]2[C@]1(C)[C@H](OC(C)=O)C[C@@H]3O. The van der Waals surface area contributed by atoms with E-state index in [2.05, 4.69) is 0 Å². The molecule has 1 aromatic rings. The molecule has 1 spiro atoms. The van der Waals surface area contributed by atoms with Crippen LogP contribution in [0.5, 0.6) is 0 Å². The molecule has 3 heterocycles. The Bertz CT molecular complexity index is 1420. The fraction of sp³-hybridized carbons (Fsp3) is 0.750. The summed E-state index contributed by atoms with van der Waals surface area (Å²) < 4.78 is 35.6. The quantitative estimate of drug-likeness (QED) is 0.287. The summed E-state index contributed by atoms with van der Waals surface area (Å²) in [4.78, 5) is 52.3. The number of epoxide rings is 1. The van der Waals surface area contributed by atoms with Gasteiger partial charge in [-0.1, -0.05) is 13.8 Å². The second-order valence-corrected chi connectivity index (χ2v) is 14.5. The monoisotopic (exact) mass is 616 g/mol. The second kappa shape index (κ2) is 9.14. The normalized spacial score (nSPS) is 51.6. The number of carbonyl (C=O) groups is 4. The van der Waals surface area contributed by atoms with Crippen LogP contribution in [0.1, 0.15) is 72.3 Å². The van der Waals surface area contributed by atoms with Crippen molar-refractivity contribution in [2.24, 2.45) is 33.5 Å². The second-order valence-electron chi connectivity index (χ2n) is 14.5. The van der Waals surface area contributed by atoms with Crippen molar-refractivity contribution in [3.05, 3.63) is 24.2 Å². The molecule has 1 unspecified atom stereocenters. The van der Waals surface area contributed by atoms with Crippen molar-refractivity contribution < 1.29 is 57.5 Å².